The lowest BCUT2D eigenvalue weighted by Gasteiger charge is -2.28. The van der Waals surface area contributed by atoms with E-state index >= 15 is 0 Å². The predicted molar refractivity (Wildman–Crippen MR) is 126 cm³/mol. The predicted octanol–water partition coefficient (Wildman–Crippen LogP) is 6.22. The van der Waals surface area contributed by atoms with Crippen LogP contribution in [-0.2, 0) is 4.57 Å². The van der Waals surface area contributed by atoms with Crippen molar-refractivity contribution in [2.75, 3.05) is 5.32 Å². The molecule has 0 spiro atoms. The monoisotopic (exact) mass is 482 g/mol. The summed E-state index contributed by atoms with van der Waals surface area (Å²) in [6.07, 6.45) is 0. The van der Waals surface area contributed by atoms with Crippen LogP contribution in [0.25, 0.3) is 0 Å². The minimum absolute atomic E-state index is 0.0907. The molecule has 0 aliphatic carbocycles. The van der Waals surface area contributed by atoms with Crippen molar-refractivity contribution in [2.24, 2.45) is 0 Å². The quantitative estimate of drug-likeness (QED) is 0.170. The summed E-state index contributed by atoms with van der Waals surface area (Å²) in [5.74, 6) is -0.344. The zero-order valence-electron chi connectivity index (χ0n) is 17.4. The summed E-state index contributed by atoms with van der Waals surface area (Å²) < 4.78 is 26.3. The summed E-state index contributed by atoms with van der Waals surface area (Å²) in [5, 5.41) is 23.4. The maximum atomic E-state index is 14.4. The van der Waals surface area contributed by atoms with Crippen LogP contribution in [0.1, 0.15) is 16.4 Å². The van der Waals surface area contributed by atoms with Crippen LogP contribution < -0.4 is 14.4 Å². The first kappa shape index (κ1) is 22.4. The number of rotatable bonds is 9. The van der Waals surface area contributed by atoms with Crippen molar-refractivity contribution < 1.29 is 18.5 Å². The van der Waals surface area contributed by atoms with Gasteiger partial charge in [-0.15, -0.1) is 10.2 Å². The van der Waals surface area contributed by atoms with Gasteiger partial charge < -0.3 is 14.4 Å². The van der Waals surface area contributed by atoms with Gasteiger partial charge in [-0.3, -0.25) is 10.1 Å². The van der Waals surface area contributed by atoms with Crippen molar-refractivity contribution in [3.63, 3.8) is 0 Å². The van der Waals surface area contributed by atoms with E-state index in [0.717, 1.165) is 0 Å². The SMILES string of the molecule is Cc1nnc(NC(c2ccc([N+](=O)[O-])cc2)P(=O)(Oc2ccccc2)Oc2ccccc2)s1. The van der Waals surface area contributed by atoms with Gasteiger partial charge in [-0.05, 0) is 48.9 Å². The van der Waals surface area contributed by atoms with Crippen LogP contribution in [0.4, 0.5) is 10.8 Å². The Morgan fingerprint density at radius 2 is 1.45 bits per heavy atom. The van der Waals surface area contributed by atoms with Crippen molar-refractivity contribution in [3.8, 4) is 11.5 Å². The van der Waals surface area contributed by atoms with Crippen molar-refractivity contribution in [1.29, 1.82) is 0 Å². The summed E-state index contributed by atoms with van der Waals surface area (Å²) in [4.78, 5) is 10.6. The highest BCUT2D eigenvalue weighted by molar-refractivity contribution is 7.55. The fraction of sp³-hybridized carbons (Fsp3) is 0.0909. The van der Waals surface area contributed by atoms with Crippen molar-refractivity contribution in [2.45, 2.75) is 12.7 Å². The van der Waals surface area contributed by atoms with Crippen LogP contribution in [0.2, 0.25) is 0 Å². The average Bonchev–Trinajstić information content (AvgIpc) is 3.23. The third-order valence-electron chi connectivity index (χ3n) is 4.47. The minimum atomic E-state index is -4.03. The molecule has 1 N–H and O–H groups in total. The Hall–Kier alpha value is -3.75. The molecule has 33 heavy (non-hydrogen) atoms. The van der Waals surface area contributed by atoms with E-state index in [4.69, 9.17) is 9.05 Å². The Labute approximate surface area is 193 Å². The highest BCUT2D eigenvalue weighted by Crippen LogP contribution is 2.60. The number of hydrogen-bond donors (Lipinski definition) is 1. The van der Waals surface area contributed by atoms with Gasteiger partial charge in [-0.25, -0.2) is 4.57 Å². The molecular formula is C22H19N4O5PS. The molecule has 1 atom stereocenters. The fourth-order valence-electron chi connectivity index (χ4n) is 2.98. The fourth-order valence-corrected chi connectivity index (χ4v) is 5.58. The van der Waals surface area contributed by atoms with Gasteiger partial charge in [0, 0.05) is 12.1 Å². The third-order valence-corrected chi connectivity index (χ3v) is 7.23. The van der Waals surface area contributed by atoms with Gasteiger partial charge in [-0.2, -0.15) is 0 Å². The summed E-state index contributed by atoms with van der Waals surface area (Å²) in [6.45, 7) is 1.80. The molecular weight excluding hydrogens is 463 g/mol. The van der Waals surface area contributed by atoms with Crippen molar-refractivity contribution in [1.82, 2.24) is 10.2 Å². The number of anilines is 1. The van der Waals surface area contributed by atoms with E-state index in [9.17, 15) is 14.7 Å². The van der Waals surface area contributed by atoms with Crippen LogP contribution in [0.3, 0.4) is 0 Å². The highest BCUT2D eigenvalue weighted by Gasteiger charge is 2.42. The topological polar surface area (TPSA) is 116 Å². The Morgan fingerprint density at radius 3 is 1.91 bits per heavy atom. The third kappa shape index (κ3) is 5.54. The van der Waals surface area contributed by atoms with E-state index in [1.165, 1.54) is 35.6 Å². The van der Waals surface area contributed by atoms with Crippen LogP contribution >= 0.6 is 18.9 Å². The maximum absolute atomic E-state index is 14.4. The first-order valence-electron chi connectivity index (χ1n) is 9.83. The Bertz CT molecular complexity index is 1220. The highest BCUT2D eigenvalue weighted by atomic mass is 32.1. The van der Waals surface area contributed by atoms with Crippen LogP contribution in [0, 0.1) is 17.0 Å². The van der Waals surface area contributed by atoms with E-state index in [0.29, 0.717) is 27.2 Å². The van der Waals surface area contributed by atoms with Crippen molar-refractivity contribution >= 4 is 29.8 Å². The van der Waals surface area contributed by atoms with Gasteiger partial charge in [0.1, 0.15) is 16.5 Å². The summed E-state index contributed by atoms with van der Waals surface area (Å²) in [5.41, 5.74) is 0.371. The van der Waals surface area contributed by atoms with E-state index in [2.05, 4.69) is 15.5 Å². The van der Waals surface area contributed by atoms with E-state index in [1.807, 2.05) is 12.1 Å². The number of nitro benzene ring substituents is 1. The van der Waals surface area contributed by atoms with Gasteiger partial charge in [-0.1, -0.05) is 47.7 Å². The first-order chi connectivity index (χ1) is 15.9. The van der Waals surface area contributed by atoms with E-state index < -0.39 is 18.3 Å². The number of nitro groups is 1. The molecule has 4 rings (SSSR count). The molecule has 9 nitrogen and oxygen atoms in total. The number of nitrogens with zero attached hydrogens (tertiary/aromatic N) is 3. The summed E-state index contributed by atoms with van der Waals surface area (Å²) in [6, 6.07) is 23.0. The molecule has 0 aliphatic rings. The zero-order chi connectivity index (χ0) is 23.3. The molecule has 1 unspecified atom stereocenters. The van der Waals surface area contributed by atoms with Gasteiger partial charge in [0.2, 0.25) is 5.13 Å². The average molecular weight is 482 g/mol. The van der Waals surface area contributed by atoms with Crippen molar-refractivity contribution in [3.05, 3.63) is 106 Å². The smallest absolute Gasteiger partial charge is 0.414 e. The molecule has 0 bridgehead atoms. The molecule has 1 aromatic heterocycles. The lowest BCUT2D eigenvalue weighted by molar-refractivity contribution is -0.384. The standard InChI is InChI=1S/C22H19N4O5PS/c1-16-24-25-22(33-16)23-21(17-12-14-18(15-13-17)26(27)28)32(29,30-19-8-4-2-5-9-19)31-20-10-6-3-7-11-20/h2-15,21H,1H3,(H,23,25). The lowest BCUT2D eigenvalue weighted by atomic mass is 10.2. The second kappa shape index (κ2) is 9.81. The summed E-state index contributed by atoms with van der Waals surface area (Å²) >= 11 is 1.27. The number of benzene rings is 3. The van der Waals surface area contributed by atoms with E-state index in [1.54, 1.807) is 55.5 Å². The molecule has 0 saturated carbocycles. The molecule has 3 aromatic carbocycles. The normalized spacial score (nSPS) is 12.0. The number of nitrogens with one attached hydrogen (secondary N) is 1. The molecule has 0 aliphatic heterocycles. The zero-order valence-corrected chi connectivity index (χ0v) is 19.1. The number of aromatic nitrogens is 2. The molecule has 11 heteroatoms. The molecule has 0 amide bonds. The first-order valence-corrected chi connectivity index (χ1v) is 12.3. The molecule has 168 valence electrons. The van der Waals surface area contributed by atoms with Crippen LogP contribution in [0.5, 0.6) is 11.5 Å². The second-order valence-electron chi connectivity index (χ2n) is 6.87. The minimum Gasteiger partial charge on any atom is -0.414 e. The Balaban J connectivity index is 1.80. The molecule has 0 fully saturated rings. The molecule has 0 saturated heterocycles. The Morgan fingerprint density at radius 1 is 0.909 bits per heavy atom. The number of non-ortho nitro benzene ring substituents is 1. The molecule has 4 aromatic rings. The van der Waals surface area contributed by atoms with Gasteiger partial charge in [0.25, 0.3) is 5.69 Å². The Kier molecular flexibility index (Phi) is 6.67. The number of hydrogen-bond acceptors (Lipinski definition) is 9. The van der Waals surface area contributed by atoms with Crippen LogP contribution in [-0.4, -0.2) is 15.1 Å². The molecule has 1 heterocycles. The second-order valence-corrected chi connectivity index (χ2v) is 10.0. The number of para-hydroxylation sites is 2. The van der Waals surface area contributed by atoms with E-state index in [-0.39, 0.29) is 5.69 Å². The van der Waals surface area contributed by atoms with Gasteiger partial charge >= 0.3 is 7.60 Å². The maximum Gasteiger partial charge on any atom is 0.457 e. The molecule has 0 radical (unpaired) electrons. The lowest BCUT2D eigenvalue weighted by Crippen LogP contribution is -2.18. The van der Waals surface area contributed by atoms with Gasteiger partial charge in [0.05, 0.1) is 4.92 Å². The number of aryl methyl sites for hydroxylation is 1. The van der Waals surface area contributed by atoms with Crippen LogP contribution in [0.15, 0.2) is 84.9 Å². The summed E-state index contributed by atoms with van der Waals surface area (Å²) in [7, 11) is -4.03. The largest absolute Gasteiger partial charge is 0.457 e. The van der Waals surface area contributed by atoms with Gasteiger partial charge in [0.15, 0.2) is 5.78 Å².